The number of ether oxygens (including phenoxy) is 1. The highest BCUT2D eigenvalue weighted by atomic mass is 35.5. The minimum Gasteiger partial charge on any atom is -0.464 e. The lowest BCUT2D eigenvalue weighted by atomic mass is 10.1. The van der Waals surface area contributed by atoms with Crippen LogP contribution >= 0.6 is 11.6 Å². The number of benzene rings is 2. The third kappa shape index (κ3) is 2.46. The quantitative estimate of drug-likeness (QED) is 0.515. The van der Waals surface area contributed by atoms with Crippen molar-refractivity contribution in [3.8, 4) is 5.75 Å². The van der Waals surface area contributed by atoms with E-state index in [1.807, 2.05) is 0 Å². The number of carbonyl (C=O) groups is 1. The summed E-state index contributed by atoms with van der Waals surface area (Å²) in [6.45, 7) is 0. The van der Waals surface area contributed by atoms with Gasteiger partial charge in [0.05, 0.1) is 11.8 Å². The number of fused-ring (bicyclic) bond motifs is 1. The fourth-order valence-electron chi connectivity index (χ4n) is 1.76. The van der Waals surface area contributed by atoms with Gasteiger partial charge in [-0.25, -0.2) is 4.79 Å². The van der Waals surface area contributed by atoms with E-state index in [0.717, 1.165) is 11.0 Å². The second-order valence-corrected chi connectivity index (χ2v) is 4.45. The van der Waals surface area contributed by atoms with E-state index in [0.29, 0.717) is 16.3 Å². The van der Waals surface area contributed by atoms with Crippen molar-refractivity contribution in [3.05, 3.63) is 65.4 Å². The standard InChI is InChI=1S/C15H9ClO3/c16-12-2-4-13(5-3-12)19-15(17)11-1-6-14-10(9-11)7-8-18-14/h1-9H. The summed E-state index contributed by atoms with van der Waals surface area (Å²) < 4.78 is 10.5. The van der Waals surface area contributed by atoms with E-state index in [1.54, 1.807) is 54.8 Å². The Kier molecular flexibility index (Phi) is 2.97. The SMILES string of the molecule is O=C(Oc1ccc(Cl)cc1)c1ccc2occc2c1. The number of hydrogen-bond donors (Lipinski definition) is 0. The van der Waals surface area contributed by atoms with Crippen LogP contribution in [-0.4, -0.2) is 5.97 Å². The van der Waals surface area contributed by atoms with Gasteiger partial charge in [0.2, 0.25) is 0 Å². The molecule has 0 aliphatic heterocycles. The summed E-state index contributed by atoms with van der Waals surface area (Å²) in [5.74, 6) is 0.0483. The first-order valence-corrected chi connectivity index (χ1v) is 6.05. The summed E-state index contributed by atoms with van der Waals surface area (Å²) >= 11 is 5.77. The van der Waals surface area contributed by atoms with Crippen molar-refractivity contribution >= 4 is 28.5 Å². The molecule has 0 N–H and O–H groups in total. The van der Waals surface area contributed by atoms with Gasteiger partial charge < -0.3 is 9.15 Å². The van der Waals surface area contributed by atoms with Crippen molar-refractivity contribution < 1.29 is 13.9 Å². The minimum absolute atomic E-state index is 0.412. The second-order valence-electron chi connectivity index (χ2n) is 4.02. The monoisotopic (exact) mass is 272 g/mol. The molecule has 94 valence electrons. The molecule has 0 atom stereocenters. The molecule has 0 aliphatic rings. The van der Waals surface area contributed by atoms with Crippen LogP contribution in [0.5, 0.6) is 5.75 Å². The maximum absolute atomic E-state index is 12.0. The van der Waals surface area contributed by atoms with Crippen LogP contribution in [-0.2, 0) is 0 Å². The summed E-state index contributed by atoms with van der Waals surface area (Å²) in [4.78, 5) is 12.0. The van der Waals surface area contributed by atoms with Gasteiger partial charge in [0.1, 0.15) is 11.3 Å². The van der Waals surface area contributed by atoms with E-state index in [1.165, 1.54) is 0 Å². The Morgan fingerprint density at radius 1 is 1.05 bits per heavy atom. The number of carbonyl (C=O) groups excluding carboxylic acids is 1. The molecule has 1 heterocycles. The predicted molar refractivity (Wildman–Crippen MR) is 72.6 cm³/mol. The average Bonchev–Trinajstić information content (AvgIpc) is 2.88. The molecule has 0 spiro atoms. The lowest BCUT2D eigenvalue weighted by Crippen LogP contribution is -2.08. The van der Waals surface area contributed by atoms with Gasteiger partial charge in [-0.15, -0.1) is 0 Å². The molecule has 0 bridgehead atoms. The molecular formula is C15H9ClO3. The van der Waals surface area contributed by atoms with Crippen molar-refractivity contribution in [2.75, 3.05) is 0 Å². The van der Waals surface area contributed by atoms with Crippen molar-refractivity contribution in [2.24, 2.45) is 0 Å². The third-order valence-corrected chi connectivity index (χ3v) is 2.96. The Morgan fingerprint density at radius 3 is 2.63 bits per heavy atom. The van der Waals surface area contributed by atoms with Crippen LogP contribution < -0.4 is 4.74 Å². The molecule has 0 unspecified atom stereocenters. The molecule has 0 saturated carbocycles. The maximum atomic E-state index is 12.0. The van der Waals surface area contributed by atoms with Gasteiger partial charge in [0, 0.05) is 10.4 Å². The number of halogens is 1. The van der Waals surface area contributed by atoms with Gasteiger partial charge in [-0.2, -0.15) is 0 Å². The molecule has 0 saturated heterocycles. The number of esters is 1. The first-order chi connectivity index (χ1) is 9.22. The van der Waals surface area contributed by atoms with E-state index in [2.05, 4.69) is 0 Å². The topological polar surface area (TPSA) is 39.4 Å². The summed E-state index contributed by atoms with van der Waals surface area (Å²) in [6.07, 6.45) is 1.58. The van der Waals surface area contributed by atoms with Gasteiger partial charge in [0.15, 0.2) is 0 Å². The lowest BCUT2D eigenvalue weighted by molar-refractivity contribution is 0.0735. The van der Waals surface area contributed by atoms with Crippen molar-refractivity contribution in [2.45, 2.75) is 0 Å². The molecule has 3 rings (SSSR count). The van der Waals surface area contributed by atoms with Crippen molar-refractivity contribution in [1.29, 1.82) is 0 Å². The Balaban J connectivity index is 1.84. The number of hydrogen-bond acceptors (Lipinski definition) is 3. The third-order valence-electron chi connectivity index (χ3n) is 2.71. The van der Waals surface area contributed by atoms with E-state index in [4.69, 9.17) is 20.8 Å². The largest absolute Gasteiger partial charge is 0.464 e. The van der Waals surface area contributed by atoms with Gasteiger partial charge in [0.25, 0.3) is 0 Å². The summed E-state index contributed by atoms with van der Waals surface area (Å²) in [5.41, 5.74) is 1.21. The Morgan fingerprint density at radius 2 is 1.84 bits per heavy atom. The average molecular weight is 273 g/mol. The van der Waals surface area contributed by atoms with Crippen LogP contribution in [0.15, 0.2) is 59.2 Å². The molecule has 3 nitrogen and oxygen atoms in total. The first-order valence-electron chi connectivity index (χ1n) is 5.67. The van der Waals surface area contributed by atoms with Crippen molar-refractivity contribution in [1.82, 2.24) is 0 Å². The normalized spacial score (nSPS) is 10.6. The summed E-state index contributed by atoms with van der Waals surface area (Å²) in [7, 11) is 0. The van der Waals surface area contributed by atoms with Crippen LogP contribution in [0.25, 0.3) is 11.0 Å². The second kappa shape index (κ2) is 4.78. The molecule has 2 aromatic carbocycles. The van der Waals surface area contributed by atoms with Crippen LogP contribution in [0.1, 0.15) is 10.4 Å². The highest BCUT2D eigenvalue weighted by Gasteiger charge is 2.10. The molecular weight excluding hydrogens is 264 g/mol. The Bertz CT molecular complexity index is 728. The Labute approximate surface area is 114 Å². The highest BCUT2D eigenvalue weighted by molar-refractivity contribution is 6.30. The van der Waals surface area contributed by atoms with Gasteiger partial charge in [-0.3, -0.25) is 0 Å². The van der Waals surface area contributed by atoms with E-state index in [-0.39, 0.29) is 0 Å². The minimum atomic E-state index is -0.412. The van der Waals surface area contributed by atoms with Crippen LogP contribution in [0, 0.1) is 0 Å². The molecule has 3 aromatic rings. The zero-order chi connectivity index (χ0) is 13.2. The molecule has 1 aromatic heterocycles. The first kappa shape index (κ1) is 11.8. The molecule has 19 heavy (non-hydrogen) atoms. The Hall–Kier alpha value is -2.26. The fraction of sp³-hybridized carbons (Fsp3) is 0. The number of furan rings is 1. The summed E-state index contributed by atoms with van der Waals surface area (Å²) in [5, 5.41) is 1.46. The highest BCUT2D eigenvalue weighted by Crippen LogP contribution is 2.20. The van der Waals surface area contributed by atoms with Crippen LogP contribution in [0.3, 0.4) is 0 Å². The fourth-order valence-corrected chi connectivity index (χ4v) is 1.89. The lowest BCUT2D eigenvalue weighted by Gasteiger charge is -2.04. The van der Waals surface area contributed by atoms with E-state index < -0.39 is 5.97 Å². The molecule has 0 aliphatic carbocycles. The number of rotatable bonds is 2. The summed E-state index contributed by atoms with van der Waals surface area (Å²) in [6, 6.07) is 13.6. The van der Waals surface area contributed by atoms with Gasteiger partial charge >= 0.3 is 5.97 Å². The smallest absolute Gasteiger partial charge is 0.343 e. The predicted octanol–water partition coefficient (Wildman–Crippen LogP) is 4.31. The molecule has 4 heteroatoms. The zero-order valence-electron chi connectivity index (χ0n) is 9.80. The van der Waals surface area contributed by atoms with E-state index in [9.17, 15) is 4.79 Å². The van der Waals surface area contributed by atoms with Crippen LogP contribution in [0.2, 0.25) is 5.02 Å². The van der Waals surface area contributed by atoms with Crippen LogP contribution in [0.4, 0.5) is 0 Å². The molecule has 0 fully saturated rings. The van der Waals surface area contributed by atoms with Gasteiger partial charge in [-0.05, 0) is 48.5 Å². The maximum Gasteiger partial charge on any atom is 0.343 e. The van der Waals surface area contributed by atoms with Gasteiger partial charge in [-0.1, -0.05) is 11.6 Å². The molecule has 0 amide bonds. The van der Waals surface area contributed by atoms with E-state index >= 15 is 0 Å². The molecule has 0 radical (unpaired) electrons. The van der Waals surface area contributed by atoms with Crippen molar-refractivity contribution in [3.63, 3.8) is 0 Å². The zero-order valence-corrected chi connectivity index (χ0v) is 10.6.